The van der Waals surface area contributed by atoms with Crippen LogP contribution in [0.2, 0.25) is 0 Å². The second-order valence-corrected chi connectivity index (χ2v) is 5.62. The van der Waals surface area contributed by atoms with E-state index in [9.17, 15) is 0 Å². The Balaban J connectivity index is 2.04. The first-order valence-corrected chi connectivity index (χ1v) is 6.57. The van der Waals surface area contributed by atoms with Crippen LogP contribution in [0.5, 0.6) is 0 Å². The van der Waals surface area contributed by atoms with Crippen LogP contribution < -0.4 is 5.32 Å². The van der Waals surface area contributed by atoms with Gasteiger partial charge in [0.15, 0.2) is 5.82 Å². The minimum atomic E-state index is 0.401. The minimum Gasteiger partial charge on any atom is -0.366 e. The predicted octanol–water partition coefficient (Wildman–Crippen LogP) is 3.56. The SMILES string of the molecule is CC(C)Nc1n[nH]c2c1Cc1cc(Br)ccc1-2. The number of benzene rings is 1. The number of hydrogen-bond donors (Lipinski definition) is 2. The molecule has 0 aliphatic heterocycles. The van der Waals surface area contributed by atoms with Crippen molar-refractivity contribution in [2.24, 2.45) is 0 Å². The Morgan fingerprint density at radius 3 is 3.00 bits per heavy atom. The van der Waals surface area contributed by atoms with Crippen LogP contribution in [0.15, 0.2) is 22.7 Å². The molecular weight excluding hydrogens is 278 g/mol. The molecule has 1 aliphatic carbocycles. The zero-order valence-corrected chi connectivity index (χ0v) is 11.4. The molecule has 0 saturated heterocycles. The van der Waals surface area contributed by atoms with E-state index in [1.54, 1.807) is 0 Å². The van der Waals surface area contributed by atoms with Gasteiger partial charge in [-0.1, -0.05) is 22.0 Å². The lowest BCUT2D eigenvalue weighted by Gasteiger charge is -2.07. The van der Waals surface area contributed by atoms with Crippen molar-refractivity contribution in [1.82, 2.24) is 10.2 Å². The van der Waals surface area contributed by atoms with Gasteiger partial charge in [-0.2, -0.15) is 5.10 Å². The summed E-state index contributed by atoms with van der Waals surface area (Å²) in [5.74, 6) is 0.988. The Hall–Kier alpha value is -1.29. The molecule has 17 heavy (non-hydrogen) atoms. The van der Waals surface area contributed by atoms with Crippen LogP contribution in [0, 0.1) is 0 Å². The molecule has 0 atom stereocenters. The van der Waals surface area contributed by atoms with Crippen LogP contribution in [0.4, 0.5) is 5.82 Å². The minimum absolute atomic E-state index is 0.401. The van der Waals surface area contributed by atoms with Crippen molar-refractivity contribution < 1.29 is 0 Å². The summed E-state index contributed by atoms with van der Waals surface area (Å²) in [5, 5.41) is 10.9. The van der Waals surface area contributed by atoms with Crippen molar-refractivity contribution in [3.05, 3.63) is 33.8 Å². The maximum absolute atomic E-state index is 4.35. The maximum atomic E-state index is 4.35. The van der Waals surface area contributed by atoms with E-state index >= 15 is 0 Å². The second-order valence-electron chi connectivity index (χ2n) is 4.70. The molecule has 1 aromatic heterocycles. The topological polar surface area (TPSA) is 40.7 Å². The molecule has 0 radical (unpaired) electrons. The molecule has 0 amide bonds. The number of nitrogens with one attached hydrogen (secondary N) is 2. The van der Waals surface area contributed by atoms with E-state index in [1.165, 1.54) is 16.7 Å². The number of aromatic amines is 1. The highest BCUT2D eigenvalue weighted by molar-refractivity contribution is 9.10. The first-order chi connectivity index (χ1) is 8.15. The monoisotopic (exact) mass is 291 g/mol. The summed E-state index contributed by atoms with van der Waals surface area (Å²) in [7, 11) is 0. The van der Waals surface area contributed by atoms with E-state index in [4.69, 9.17) is 0 Å². The highest BCUT2D eigenvalue weighted by Gasteiger charge is 2.24. The molecule has 1 aromatic carbocycles. The van der Waals surface area contributed by atoms with Crippen molar-refractivity contribution in [2.75, 3.05) is 5.32 Å². The zero-order valence-electron chi connectivity index (χ0n) is 9.84. The number of fused-ring (bicyclic) bond motifs is 3. The average molecular weight is 292 g/mol. The largest absolute Gasteiger partial charge is 0.366 e. The molecule has 0 fully saturated rings. The van der Waals surface area contributed by atoms with E-state index < -0.39 is 0 Å². The summed E-state index contributed by atoms with van der Waals surface area (Å²) < 4.78 is 1.13. The highest BCUT2D eigenvalue weighted by atomic mass is 79.9. The molecule has 2 N–H and O–H groups in total. The quantitative estimate of drug-likeness (QED) is 0.758. The number of H-pyrrole nitrogens is 1. The Bertz CT molecular complexity index is 572. The number of rotatable bonds is 2. The molecule has 1 heterocycles. The van der Waals surface area contributed by atoms with Gasteiger partial charge >= 0.3 is 0 Å². The number of aromatic nitrogens is 2. The van der Waals surface area contributed by atoms with Crippen LogP contribution in [-0.2, 0) is 6.42 Å². The van der Waals surface area contributed by atoms with Crippen molar-refractivity contribution in [2.45, 2.75) is 26.3 Å². The fraction of sp³-hybridized carbons (Fsp3) is 0.308. The van der Waals surface area contributed by atoms with Crippen LogP contribution in [0.3, 0.4) is 0 Å². The predicted molar refractivity (Wildman–Crippen MR) is 73.3 cm³/mol. The van der Waals surface area contributed by atoms with Gasteiger partial charge in [-0.3, -0.25) is 5.10 Å². The fourth-order valence-corrected chi connectivity index (χ4v) is 2.70. The zero-order chi connectivity index (χ0) is 12.0. The Labute approximate surface area is 109 Å². The molecule has 88 valence electrons. The van der Waals surface area contributed by atoms with Crippen LogP contribution in [0.1, 0.15) is 25.0 Å². The van der Waals surface area contributed by atoms with Crippen molar-refractivity contribution in [3.8, 4) is 11.3 Å². The van der Waals surface area contributed by atoms with Gasteiger partial charge in [-0.25, -0.2) is 0 Å². The molecule has 1 aliphatic rings. The molecule has 0 unspecified atom stereocenters. The molecule has 0 saturated carbocycles. The van der Waals surface area contributed by atoms with E-state index in [0.29, 0.717) is 6.04 Å². The summed E-state index contributed by atoms with van der Waals surface area (Å²) in [4.78, 5) is 0. The Kier molecular flexibility index (Phi) is 2.47. The number of anilines is 1. The Morgan fingerprint density at radius 1 is 1.41 bits per heavy atom. The average Bonchev–Trinajstić information content (AvgIpc) is 2.77. The van der Waals surface area contributed by atoms with Gasteiger partial charge in [-0.15, -0.1) is 0 Å². The fourth-order valence-electron chi connectivity index (χ4n) is 2.30. The first-order valence-electron chi connectivity index (χ1n) is 5.77. The maximum Gasteiger partial charge on any atom is 0.152 e. The van der Waals surface area contributed by atoms with Gasteiger partial charge in [0.2, 0.25) is 0 Å². The van der Waals surface area contributed by atoms with Crippen LogP contribution in [-0.4, -0.2) is 16.2 Å². The third-order valence-corrected chi connectivity index (χ3v) is 3.49. The molecule has 3 rings (SSSR count). The first kappa shape index (κ1) is 10.8. The van der Waals surface area contributed by atoms with Crippen LogP contribution in [0.25, 0.3) is 11.3 Å². The van der Waals surface area contributed by atoms with Gasteiger partial charge in [0.1, 0.15) is 0 Å². The summed E-state index contributed by atoms with van der Waals surface area (Å²) in [6.07, 6.45) is 0.954. The third kappa shape index (κ3) is 1.76. The van der Waals surface area contributed by atoms with Crippen molar-refractivity contribution in [3.63, 3.8) is 0 Å². The molecule has 3 nitrogen and oxygen atoms in total. The van der Waals surface area contributed by atoms with Gasteiger partial charge in [0.05, 0.1) is 5.69 Å². The van der Waals surface area contributed by atoms with Gasteiger partial charge in [0.25, 0.3) is 0 Å². The number of hydrogen-bond acceptors (Lipinski definition) is 2. The lowest BCUT2D eigenvalue weighted by molar-refractivity contribution is 0.880. The normalized spacial score (nSPS) is 12.7. The summed E-state index contributed by atoms with van der Waals surface area (Å²) in [6.45, 7) is 4.25. The van der Waals surface area contributed by atoms with Crippen molar-refractivity contribution >= 4 is 21.7 Å². The molecule has 2 aromatic rings. The third-order valence-electron chi connectivity index (χ3n) is 3.00. The Morgan fingerprint density at radius 2 is 2.24 bits per heavy atom. The van der Waals surface area contributed by atoms with Crippen LogP contribution >= 0.6 is 15.9 Å². The lowest BCUT2D eigenvalue weighted by Crippen LogP contribution is -2.11. The van der Waals surface area contributed by atoms with E-state index in [1.807, 2.05) is 0 Å². The van der Waals surface area contributed by atoms with Crippen molar-refractivity contribution in [1.29, 1.82) is 0 Å². The standard InChI is InChI=1S/C13H14BrN3/c1-7(2)15-13-11-6-8-5-9(14)3-4-10(8)12(11)16-17-13/h3-5,7H,6H2,1-2H3,(H2,15,16,17). The molecule has 0 bridgehead atoms. The molecule has 0 spiro atoms. The van der Waals surface area contributed by atoms with E-state index in [2.05, 4.69) is 63.5 Å². The molecular formula is C13H14BrN3. The van der Waals surface area contributed by atoms with Gasteiger partial charge in [0, 0.05) is 28.1 Å². The number of nitrogens with zero attached hydrogens (tertiary/aromatic N) is 1. The van der Waals surface area contributed by atoms with E-state index in [0.717, 1.165) is 22.4 Å². The highest BCUT2D eigenvalue weighted by Crippen LogP contribution is 2.39. The molecule has 4 heteroatoms. The summed E-state index contributed by atoms with van der Waals surface area (Å²) in [6, 6.07) is 6.80. The number of halogens is 1. The summed E-state index contributed by atoms with van der Waals surface area (Å²) >= 11 is 3.52. The second kappa shape index (κ2) is 3.88. The van der Waals surface area contributed by atoms with Gasteiger partial charge < -0.3 is 5.32 Å². The van der Waals surface area contributed by atoms with E-state index in [-0.39, 0.29) is 0 Å². The van der Waals surface area contributed by atoms with Gasteiger partial charge in [-0.05, 0) is 31.5 Å². The lowest BCUT2D eigenvalue weighted by atomic mass is 10.1. The summed E-state index contributed by atoms with van der Waals surface area (Å²) in [5.41, 5.74) is 5.07. The smallest absolute Gasteiger partial charge is 0.152 e.